The van der Waals surface area contributed by atoms with Crippen LogP contribution in [0, 0.1) is 17.8 Å². The van der Waals surface area contributed by atoms with Crippen LogP contribution < -0.4 is 10.6 Å². The van der Waals surface area contributed by atoms with Gasteiger partial charge in [0.2, 0.25) is 11.8 Å². The lowest BCUT2D eigenvalue weighted by atomic mass is 9.82. The summed E-state index contributed by atoms with van der Waals surface area (Å²) in [5.74, 6) is 1.15. The van der Waals surface area contributed by atoms with E-state index in [0.29, 0.717) is 31.3 Å². The highest BCUT2D eigenvalue weighted by Crippen LogP contribution is 2.37. The summed E-state index contributed by atoms with van der Waals surface area (Å²) in [6, 6.07) is 0. The molecule has 2 aliphatic carbocycles. The summed E-state index contributed by atoms with van der Waals surface area (Å²) in [6.07, 6.45) is 2.71. The Kier molecular flexibility index (Phi) is 4.22. The summed E-state index contributed by atoms with van der Waals surface area (Å²) in [6.45, 7) is 3.12. The molecule has 2 atom stereocenters. The molecule has 18 heavy (non-hydrogen) atoms. The normalized spacial score (nSPS) is 33.4. The molecule has 3 N–H and O–H groups in total. The Morgan fingerprint density at radius 1 is 1.22 bits per heavy atom. The molecule has 0 saturated heterocycles. The van der Waals surface area contributed by atoms with E-state index < -0.39 is 0 Å². The molecule has 5 nitrogen and oxygen atoms in total. The van der Waals surface area contributed by atoms with Crippen LogP contribution in [-0.2, 0) is 9.59 Å². The zero-order valence-corrected chi connectivity index (χ0v) is 10.8. The van der Waals surface area contributed by atoms with E-state index in [-0.39, 0.29) is 23.8 Å². The van der Waals surface area contributed by atoms with E-state index in [2.05, 4.69) is 17.6 Å². The minimum absolute atomic E-state index is 0.0273. The number of rotatable bonds is 6. The van der Waals surface area contributed by atoms with E-state index in [0.717, 1.165) is 19.3 Å². The molecule has 0 aromatic carbocycles. The maximum absolute atomic E-state index is 11.5. The topological polar surface area (TPSA) is 78.4 Å². The molecule has 0 bridgehead atoms. The molecular weight excluding hydrogens is 232 g/mol. The number of nitrogens with one attached hydrogen (secondary N) is 2. The van der Waals surface area contributed by atoms with Gasteiger partial charge in [0.15, 0.2) is 0 Å². The lowest BCUT2D eigenvalue weighted by molar-refractivity contribution is -0.123. The molecule has 2 amide bonds. The molecule has 2 aliphatic rings. The van der Waals surface area contributed by atoms with Crippen LogP contribution in [0.25, 0.3) is 0 Å². The van der Waals surface area contributed by atoms with Crippen LogP contribution in [0.2, 0.25) is 0 Å². The van der Waals surface area contributed by atoms with Crippen molar-refractivity contribution in [2.75, 3.05) is 13.1 Å². The summed E-state index contributed by atoms with van der Waals surface area (Å²) < 4.78 is 0. The average molecular weight is 254 g/mol. The van der Waals surface area contributed by atoms with Gasteiger partial charge in [-0.05, 0) is 31.1 Å². The molecule has 102 valence electrons. The molecule has 0 radical (unpaired) electrons. The van der Waals surface area contributed by atoms with Gasteiger partial charge in [-0.1, -0.05) is 6.92 Å². The zero-order valence-electron chi connectivity index (χ0n) is 10.8. The second-order valence-electron chi connectivity index (χ2n) is 5.66. The monoisotopic (exact) mass is 254 g/mol. The van der Waals surface area contributed by atoms with E-state index in [4.69, 9.17) is 5.11 Å². The van der Waals surface area contributed by atoms with Gasteiger partial charge in [0.25, 0.3) is 0 Å². The fourth-order valence-corrected chi connectivity index (χ4v) is 2.33. The summed E-state index contributed by atoms with van der Waals surface area (Å²) in [7, 11) is 0. The van der Waals surface area contributed by atoms with Crippen molar-refractivity contribution < 1.29 is 14.7 Å². The highest BCUT2D eigenvalue weighted by Gasteiger charge is 2.38. The number of amides is 2. The zero-order chi connectivity index (χ0) is 13.1. The van der Waals surface area contributed by atoms with Crippen LogP contribution in [0.15, 0.2) is 0 Å². The van der Waals surface area contributed by atoms with Gasteiger partial charge in [-0.3, -0.25) is 9.59 Å². The van der Waals surface area contributed by atoms with Crippen LogP contribution in [0.4, 0.5) is 0 Å². The van der Waals surface area contributed by atoms with Gasteiger partial charge in [-0.15, -0.1) is 0 Å². The van der Waals surface area contributed by atoms with Gasteiger partial charge >= 0.3 is 0 Å². The standard InChI is InChI=1S/C13H22N2O3/c1-8-4-11(8)13(18)14-3-2-12(17)15-7-9-5-10(16)6-9/h8-11,16H,2-7H2,1H3,(H,14,18)(H,15,17). The Labute approximate surface area is 107 Å². The van der Waals surface area contributed by atoms with Crippen molar-refractivity contribution in [3.63, 3.8) is 0 Å². The first-order valence-corrected chi connectivity index (χ1v) is 6.78. The van der Waals surface area contributed by atoms with Crippen LogP contribution in [0.1, 0.15) is 32.6 Å². The molecule has 2 unspecified atom stereocenters. The van der Waals surface area contributed by atoms with Crippen molar-refractivity contribution >= 4 is 11.8 Å². The third-order valence-corrected chi connectivity index (χ3v) is 3.90. The number of carbonyl (C=O) groups excluding carboxylic acids is 2. The quantitative estimate of drug-likeness (QED) is 0.626. The minimum Gasteiger partial charge on any atom is -0.393 e. The molecule has 0 aromatic heterocycles. The SMILES string of the molecule is CC1CC1C(=O)NCCC(=O)NCC1CC(O)C1. The maximum Gasteiger partial charge on any atom is 0.223 e. The van der Waals surface area contributed by atoms with Crippen molar-refractivity contribution in [1.29, 1.82) is 0 Å². The Morgan fingerprint density at radius 2 is 1.89 bits per heavy atom. The summed E-state index contributed by atoms with van der Waals surface area (Å²) in [5, 5.41) is 14.7. The van der Waals surface area contributed by atoms with E-state index in [1.807, 2.05) is 0 Å². The van der Waals surface area contributed by atoms with Crippen LogP contribution >= 0.6 is 0 Å². The largest absolute Gasteiger partial charge is 0.393 e. The van der Waals surface area contributed by atoms with Crippen LogP contribution in [0.3, 0.4) is 0 Å². The highest BCUT2D eigenvalue weighted by atomic mass is 16.3. The third kappa shape index (κ3) is 3.70. The number of hydrogen-bond acceptors (Lipinski definition) is 3. The van der Waals surface area contributed by atoms with E-state index in [1.165, 1.54) is 0 Å². The summed E-state index contributed by atoms with van der Waals surface area (Å²) >= 11 is 0. The molecule has 5 heteroatoms. The fraction of sp³-hybridized carbons (Fsp3) is 0.846. The van der Waals surface area contributed by atoms with Gasteiger partial charge in [-0.2, -0.15) is 0 Å². The second-order valence-corrected chi connectivity index (χ2v) is 5.66. The first kappa shape index (κ1) is 13.3. The average Bonchev–Trinajstić information content (AvgIpc) is 3.00. The molecule has 0 aliphatic heterocycles. The van der Waals surface area contributed by atoms with Crippen molar-refractivity contribution in [2.45, 2.75) is 38.7 Å². The van der Waals surface area contributed by atoms with Crippen molar-refractivity contribution in [3.8, 4) is 0 Å². The number of aliphatic hydroxyl groups is 1. The van der Waals surface area contributed by atoms with Gasteiger partial charge in [0.1, 0.15) is 0 Å². The predicted octanol–water partition coefficient (Wildman–Crippen LogP) is 0.0358. The summed E-state index contributed by atoms with van der Waals surface area (Å²) in [4.78, 5) is 23.0. The second kappa shape index (κ2) is 5.69. The van der Waals surface area contributed by atoms with E-state index >= 15 is 0 Å². The van der Waals surface area contributed by atoms with Crippen LogP contribution in [-0.4, -0.2) is 36.1 Å². The lowest BCUT2D eigenvalue weighted by Gasteiger charge is -2.31. The third-order valence-electron chi connectivity index (χ3n) is 3.90. The highest BCUT2D eigenvalue weighted by molar-refractivity contribution is 5.82. The van der Waals surface area contributed by atoms with Crippen LogP contribution in [0.5, 0.6) is 0 Å². The minimum atomic E-state index is -0.174. The Bertz CT molecular complexity index is 326. The molecule has 0 spiro atoms. The maximum atomic E-state index is 11.5. The molecule has 2 saturated carbocycles. The van der Waals surface area contributed by atoms with E-state index in [1.54, 1.807) is 0 Å². The first-order valence-electron chi connectivity index (χ1n) is 6.78. The number of hydrogen-bond donors (Lipinski definition) is 3. The summed E-state index contributed by atoms with van der Waals surface area (Å²) in [5.41, 5.74) is 0. The Hall–Kier alpha value is -1.10. The Morgan fingerprint density at radius 3 is 2.44 bits per heavy atom. The molecule has 2 rings (SSSR count). The number of carbonyl (C=O) groups is 2. The predicted molar refractivity (Wildman–Crippen MR) is 66.6 cm³/mol. The fourth-order valence-electron chi connectivity index (χ4n) is 2.33. The molecular formula is C13H22N2O3. The molecule has 0 aromatic rings. The molecule has 0 heterocycles. The van der Waals surface area contributed by atoms with Gasteiger partial charge < -0.3 is 15.7 Å². The Balaban J connectivity index is 1.48. The van der Waals surface area contributed by atoms with Crippen molar-refractivity contribution in [2.24, 2.45) is 17.8 Å². The van der Waals surface area contributed by atoms with Crippen molar-refractivity contribution in [3.05, 3.63) is 0 Å². The number of aliphatic hydroxyl groups excluding tert-OH is 1. The molecule has 2 fully saturated rings. The van der Waals surface area contributed by atoms with E-state index in [9.17, 15) is 9.59 Å². The van der Waals surface area contributed by atoms with Gasteiger partial charge in [0, 0.05) is 25.4 Å². The van der Waals surface area contributed by atoms with Crippen molar-refractivity contribution in [1.82, 2.24) is 10.6 Å². The van der Waals surface area contributed by atoms with Gasteiger partial charge in [0.05, 0.1) is 6.10 Å². The smallest absolute Gasteiger partial charge is 0.223 e. The first-order chi connectivity index (χ1) is 8.56. The lowest BCUT2D eigenvalue weighted by Crippen LogP contribution is -2.39. The van der Waals surface area contributed by atoms with Gasteiger partial charge in [-0.25, -0.2) is 0 Å².